The molecule has 2 N–H and O–H groups in total. The average molecular weight is 408 g/mol. The Balaban J connectivity index is 1.81. The lowest BCUT2D eigenvalue weighted by atomic mass is 10.0. The minimum Gasteiger partial charge on any atom is -0.479 e. The number of ether oxygens (including phenoxy) is 1. The predicted octanol–water partition coefficient (Wildman–Crippen LogP) is 2.37. The number of methoxy groups -OCH3 is 1. The lowest BCUT2D eigenvalue weighted by Crippen LogP contribution is -2.43. The molecule has 0 bridgehead atoms. The molecule has 1 saturated heterocycles. The van der Waals surface area contributed by atoms with Crippen molar-refractivity contribution in [2.45, 2.75) is 17.7 Å². The summed E-state index contributed by atoms with van der Waals surface area (Å²) in [6, 6.07) is 9.62. The molecular formula is C19H25FN4O3S. The van der Waals surface area contributed by atoms with E-state index in [1.807, 2.05) is 0 Å². The monoisotopic (exact) mass is 408 g/mol. The molecule has 0 spiro atoms. The van der Waals surface area contributed by atoms with Gasteiger partial charge in [0.2, 0.25) is 5.88 Å². The lowest BCUT2D eigenvalue weighted by Gasteiger charge is -2.28. The highest BCUT2D eigenvalue weighted by Crippen LogP contribution is 2.28. The second-order valence-electron chi connectivity index (χ2n) is 6.69. The first-order valence-corrected chi connectivity index (χ1v) is 10.6. The Labute approximate surface area is 165 Å². The van der Waals surface area contributed by atoms with Crippen LogP contribution < -0.4 is 19.7 Å². The summed E-state index contributed by atoms with van der Waals surface area (Å²) >= 11 is 0. The van der Waals surface area contributed by atoms with Crippen LogP contribution in [0.1, 0.15) is 18.4 Å². The average Bonchev–Trinajstić information content (AvgIpc) is 2.74. The van der Waals surface area contributed by atoms with E-state index in [1.165, 1.54) is 19.2 Å². The number of nitrogens with one attached hydrogen (secondary N) is 2. The maximum absolute atomic E-state index is 12.8. The van der Waals surface area contributed by atoms with E-state index in [1.54, 1.807) is 31.2 Å². The van der Waals surface area contributed by atoms with Crippen molar-refractivity contribution in [2.24, 2.45) is 0 Å². The van der Waals surface area contributed by atoms with E-state index in [9.17, 15) is 12.8 Å². The van der Waals surface area contributed by atoms with E-state index in [4.69, 9.17) is 4.74 Å². The third-order valence-electron chi connectivity index (χ3n) is 4.72. The van der Waals surface area contributed by atoms with Gasteiger partial charge in [0, 0.05) is 32.1 Å². The van der Waals surface area contributed by atoms with Crippen LogP contribution in [0.15, 0.2) is 41.3 Å². The fourth-order valence-corrected chi connectivity index (χ4v) is 4.06. The van der Waals surface area contributed by atoms with E-state index in [0.717, 1.165) is 37.6 Å². The Morgan fingerprint density at radius 3 is 2.50 bits per heavy atom. The molecule has 0 unspecified atom stereocenters. The zero-order valence-electron chi connectivity index (χ0n) is 16.0. The molecule has 0 radical (unpaired) electrons. The van der Waals surface area contributed by atoms with Crippen LogP contribution in [0.3, 0.4) is 0 Å². The number of pyridine rings is 1. The van der Waals surface area contributed by atoms with Gasteiger partial charge in [0.05, 0.1) is 18.7 Å². The second-order valence-corrected chi connectivity index (χ2v) is 8.38. The van der Waals surface area contributed by atoms with Crippen LogP contribution in [0.2, 0.25) is 0 Å². The zero-order valence-corrected chi connectivity index (χ0v) is 16.8. The molecule has 1 atom stereocenters. The zero-order chi connectivity index (χ0) is 20.1. The molecule has 0 amide bonds. The second kappa shape index (κ2) is 8.74. The third kappa shape index (κ3) is 4.53. The minimum atomic E-state index is -3.82. The van der Waals surface area contributed by atoms with Gasteiger partial charge in [-0.15, -0.1) is 0 Å². The van der Waals surface area contributed by atoms with Gasteiger partial charge >= 0.3 is 0 Å². The number of aromatic nitrogens is 1. The molecule has 1 aromatic carbocycles. The predicted molar refractivity (Wildman–Crippen MR) is 108 cm³/mol. The molecule has 2 heterocycles. The smallest absolute Gasteiger partial charge is 0.262 e. The minimum absolute atomic E-state index is 0.0931. The Morgan fingerprint density at radius 1 is 1.21 bits per heavy atom. The number of alkyl halides is 1. The third-order valence-corrected chi connectivity index (χ3v) is 6.10. The number of hydrogen-bond donors (Lipinski definition) is 2. The summed E-state index contributed by atoms with van der Waals surface area (Å²) in [6.07, 6.45) is 0. The van der Waals surface area contributed by atoms with Gasteiger partial charge < -0.3 is 15.0 Å². The number of nitrogens with zero attached hydrogens (tertiary/aromatic N) is 2. The van der Waals surface area contributed by atoms with Gasteiger partial charge in [-0.1, -0.05) is 19.1 Å². The number of rotatable bonds is 7. The topological polar surface area (TPSA) is 83.6 Å². The number of sulfonamides is 1. The quantitative estimate of drug-likeness (QED) is 0.732. The van der Waals surface area contributed by atoms with Crippen LogP contribution in [0, 0.1) is 0 Å². The van der Waals surface area contributed by atoms with Crippen LogP contribution in [-0.4, -0.2) is 53.4 Å². The lowest BCUT2D eigenvalue weighted by molar-refractivity contribution is 0.399. The summed E-state index contributed by atoms with van der Waals surface area (Å²) in [7, 11) is -2.37. The Hall–Kier alpha value is -2.39. The van der Waals surface area contributed by atoms with Gasteiger partial charge in [-0.25, -0.2) is 8.42 Å². The van der Waals surface area contributed by atoms with Crippen LogP contribution in [0.4, 0.5) is 15.9 Å². The first-order valence-electron chi connectivity index (χ1n) is 9.14. The summed E-state index contributed by atoms with van der Waals surface area (Å²) in [5.41, 5.74) is 1.02. The first kappa shape index (κ1) is 20.3. The van der Waals surface area contributed by atoms with E-state index in [0.29, 0.717) is 0 Å². The largest absolute Gasteiger partial charge is 0.479 e. The van der Waals surface area contributed by atoms with Crippen molar-refractivity contribution in [1.82, 2.24) is 10.3 Å². The molecule has 9 heteroatoms. The molecule has 2 aromatic rings. The molecule has 1 fully saturated rings. The van der Waals surface area contributed by atoms with Crippen LogP contribution in [0.25, 0.3) is 0 Å². The van der Waals surface area contributed by atoms with Crippen molar-refractivity contribution in [3.8, 4) is 5.88 Å². The Morgan fingerprint density at radius 2 is 1.89 bits per heavy atom. The van der Waals surface area contributed by atoms with Gasteiger partial charge in [0.15, 0.2) is 0 Å². The Kier molecular flexibility index (Phi) is 6.35. The van der Waals surface area contributed by atoms with E-state index >= 15 is 0 Å². The molecule has 152 valence electrons. The van der Waals surface area contributed by atoms with Crippen LogP contribution >= 0.6 is 0 Å². The maximum atomic E-state index is 12.8. The van der Waals surface area contributed by atoms with Gasteiger partial charge in [-0.05, 0) is 29.8 Å². The summed E-state index contributed by atoms with van der Waals surface area (Å²) in [5.74, 6) is 0.680. The first-order chi connectivity index (χ1) is 13.4. The van der Waals surface area contributed by atoms with Crippen molar-refractivity contribution in [3.05, 3.63) is 42.0 Å². The number of benzene rings is 1. The fraction of sp³-hybridized carbons (Fsp3) is 0.421. The molecule has 0 aliphatic carbocycles. The highest BCUT2D eigenvalue weighted by Gasteiger charge is 2.20. The van der Waals surface area contributed by atoms with Gasteiger partial charge in [0.25, 0.3) is 10.0 Å². The molecule has 1 aliphatic heterocycles. The van der Waals surface area contributed by atoms with E-state index < -0.39 is 16.7 Å². The summed E-state index contributed by atoms with van der Waals surface area (Å²) < 4.78 is 46.1. The molecule has 28 heavy (non-hydrogen) atoms. The van der Waals surface area contributed by atoms with Crippen molar-refractivity contribution in [2.75, 3.05) is 49.6 Å². The standard InChI is InChI=1S/C19H25FN4O3S/c1-14(13-20)15-3-5-16(6-4-15)28(25,26)23-17-7-8-18(22-19(17)27-2)24-11-9-21-10-12-24/h3-8,14,21,23H,9-13H2,1-2H3/t14-/m1/s1. The maximum Gasteiger partial charge on any atom is 0.262 e. The molecule has 0 saturated carbocycles. The Bertz CT molecular complexity index is 900. The van der Waals surface area contributed by atoms with Gasteiger partial charge in [-0.3, -0.25) is 9.11 Å². The van der Waals surface area contributed by atoms with Gasteiger partial charge in [0.1, 0.15) is 11.5 Å². The molecule has 3 rings (SSSR count). The fourth-order valence-electron chi connectivity index (χ4n) is 3.00. The van der Waals surface area contributed by atoms with Crippen molar-refractivity contribution >= 4 is 21.5 Å². The van der Waals surface area contributed by atoms with Gasteiger partial charge in [-0.2, -0.15) is 4.98 Å². The molecule has 7 nitrogen and oxygen atoms in total. The molecule has 1 aromatic heterocycles. The van der Waals surface area contributed by atoms with E-state index in [-0.39, 0.29) is 22.4 Å². The number of piperazine rings is 1. The van der Waals surface area contributed by atoms with Crippen molar-refractivity contribution in [1.29, 1.82) is 0 Å². The van der Waals surface area contributed by atoms with Crippen LogP contribution in [-0.2, 0) is 10.0 Å². The summed E-state index contributed by atoms with van der Waals surface area (Å²) in [4.78, 5) is 6.65. The summed E-state index contributed by atoms with van der Waals surface area (Å²) in [5, 5.41) is 3.28. The van der Waals surface area contributed by atoms with Crippen LogP contribution in [0.5, 0.6) is 5.88 Å². The molecule has 1 aliphatic rings. The molecular weight excluding hydrogens is 383 g/mol. The summed E-state index contributed by atoms with van der Waals surface area (Å²) in [6.45, 7) is 4.64. The highest BCUT2D eigenvalue weighted by atomic mass is 32.2. The highest BCUT2D eigenvalue weighted by molar-refractivity contribution is 7.92. The SMILES string of the molecule is COc1nc(N2CCNCC2)ccc1NS(=O)(=O)c1ccc([C@H](C)CF)cc1. The van der Waals surface area contributed by atoms with E-state index in [2.05, 4.69) is 19.9 Å². The normalized spacial score (nSPS) is 15.9. The number of anilines is 2. The number of halogens is 1. The number of hydrogen-bond acceptors (Lipinski definition) is 6. The van der Waals surface area contributed by atoms with Crippen molar-refractivity contribution < 1.29 is 17.5 Å². The van der Waals surface area contributed by atoms with Crippen molar-refractivity contribution in [3.63, 3.8) is 0 Å².